The van der Waals surface area contributed by atoms with Crippen LogP contribution in [-0.2, 0) is 18.8 Å². The molecule has 1 aliphatic heterocycles. The number of nitrogens with zero attached hydrogens (tertiary/aromatic N) is 7. The maximum atomic E-state index is 13.6. The summed E-state index contributed by atoms with van der Waals surface area (Å²) in [4.78, 5) is 22.6. The van der Waals surface area contributed by atoms with Crippen molar-refractivity contribution in [3.05, 3.63) is 53.1 Å². The van der Waals surface area contributed by atoms with Gasteiger partial charge in [-0.2, -0.15) is 15.3 Å². The van der Waals surface area contributed by atoms with Crippen molar-refractivity contribution in [2.24, 2.45) is 14.1 Å². The summed E-state index contributed by atoms with van der Waals surface area (Å²) < 4.78 is 17.5. The Hall–Kier alpha value is -4.23. The van der Waals surface area contributed by atoms with Crippen molar-refractivity contribution in [1.29, 1.82) is 5.26 Å². The van der Waals surface area contributed by atoms with Crippen LogP contribution in [-0.4, -0.2) is 41.6 Å². The van der Waals surface area contributed by atoms with E-state index in [-0.39, 0.29) is 17.8 Å². The van der Waals surface area contributed by atoms with Crippen LogP contribution in [0.1, 0.15) is 37.8 Å². The van der Waals surface area contributed by atoms with Crippen LogP contribution >= 0.6 is 0 Å². The first kappa shape index (κ1) is 22.2. The maximum absolute atomic E-state index is 13.6. The smallest absolute Gasteiger partial charge is 0.349 e. The van der Waals surface area contributed by atoms with Crippen LogP contribution in [0.2, 0.25) is 0 Å². The van der Waals surface area contributed by atoms with E-state index in [0.29, 0.717) is 58.3 Å². The second kappa shape index (κ2) is 8.46. The van der Waals surface area contributed by atoms with Gasteiger partial charge >= 0.3 is 5.69 Å². The Kier molecular flexibility index (Phi) is 5.23. The summed E-state index contributed by atoms with van der Waals surface area (Å²) in [7, 11) is 3.70. The molecule has 0 radical (unpaired) electrons. The van der Waals surface area contributed by atoms with Crippen molar-refractivity contribution < 1.29 is 9.15 Å². The van der Waals surface area contributed by atoms with Crippen LogP contribution in [0.5, 0.6) is 0 Å². The average Bonchev–Trinajstić information content (AvgIpc) is 3.61. The molecule has 1 saturated heterocycles. The number of hydrogen-bond acceptors (Lipinski definition) is 7. The molecule has 6 rings (SSSR count). The molecule has 0 spiro atoms. The summed E-state index contributed by atoms with van der Waals surface area (Å²) in [6.45, 7) is 2.65. The normalized spacial score (nSPS) is 18.2. The Balaban J connectivity index is 1.71. The highest BCUT2D eigenvalue weighted by Crippen LogP contribution is 2.39. The molecule has 1 aliphatic rings. The second-order valence-electron chi connectivity index (χ2n) is 9.31. The van der Waals surface area contributed by atoms with E-state index in [1.54, 1.807) is 41.1 Å². The number of hydrogen-bond donors (Lipinski definition) is 0. The van der Waals surface area contributed by atoms with E-state index in [4.69, 9.17) is 9.15 Å². The SMILES string of the molecule is CCC1CC(n2c(=O)nc(-c3cnn(C)c3)c3oc4c(C#N)cc(-c5cn(C)cn5)cc4c32)CCO1. The summed E-state index contributed by atoms with van der Waals surface area (Å²) in [5.41, 5.74) is 4.15. The molecule has 0 aliphatic carbocycles. The Bertz CT molecular complexity index is 1720. The maximum Gasteiger partial charge on any atom is 0.349 e. The van der Waals surface area contributed by atoms with E-state index in [1.807, 2.05) is 23.9 Å². The fourth-order valence-corrected chi connectivity index (χ4v) is 5.13. The molecule has 0 N–H and O–H groups in total. The van der Waals surface area contributed by atoms with E-state index in [9.17, 15) is 10.1 Å². The minimum Gasteiger partial charge on any atom is -0.451 e. The predicted molar refractivity (Wildman–Crippen MR) is 133 cm³/mol. The molecule has 2 atom stereocenters. The topological polar surface area (TPSA) is 117 Å². The lowest BCUT2D eigenvalue weighted by Crippen LogP contribution is -2.34. The van der Waals surface area contributed by atoms with Gasteiger partial charge in [-0.15, -0.1) is 0 Å². The van der Waals surface area contributed by atoms with Gasteiger partial charge in [-0.25, -0.2) is 9.78 Å². The number of aromatic nitrogens is 6. The van der Waals surface area contributed by atoms with E-state index < -0.39 is 0 Å². The quantitative estimate of drug-likeness (QED) is 0.380. The fraction of sp³-hybridized carbons (Fsp3) is 0.346. The Labute approximate surface area is 206 Å². The van der Waals surface area contributed by atoms with Crippen LogP contribution in [0.25, 0.3) is 44.6 Å². The van der Waals surface area contributed by atoms with Gasteiger partial charge in [0.15, 0.2) is 11.2 Å². The van der Waals surface area contributed by atoms with Crippen molar-refractivity contribution in [3.63, 3.8) is 0 Å². The minimum atomic E-state index is -0.354. The van der Waals surface area contributed by atoms with E-state index >= 15 is 0 Å². The predicted octanol–water partition coefficient (Wildman–Crippen LogP) is 3.95. The monoisotopic (exact) mass is 483 g/mol. The highest BCUT2D eigenvalue weighted by molar-refractivity contribution is 6.09. The van der Waals surface area contributed by atoms with Gasteiger partial charge in [0.05, 0.1) is 29.9 Å². The molecule has 0 bridgehead atoms. The lowest BCUT2D eigenvalue weighted by atomic mass is 10.00. The standard InChI is InChI=1S/C26H25N7O3/c1-4-19-9-18(5-6-35-19)33-23-20-8-15(21-13-31(2)14-28-21)7-16(10-27)24(20)36-25(23)22(30-26(33)34)17-11-29-32(3)12-17/h7-8,11-14,18-19H,4-6,9H2,1-3H3. The lowest BCUT2D eigenvalue weighted by Gasteiger charge is -2.30. The summed E-state index contributed by atoms with van der Waals surface area (Å²) >= 11 is 0. The molecule has 1 fully saturated rings. The number of aryl methyl sites for hydroxylation is 2. The third kappa shape index (κ3) is 3.51. The zero-order chi connectivity index (χ0) is 25.0. The van der Waals surface area contributed by atoms with Gasteiger partial charge in [-0.05, 0) is 31.4 Å². The van der Waals surface area contributed by atoms with Crippen LogP contribution < -0.4 is 5.69 Å². The molecule has 5 aromatic rings. The molecular formula is C26H25N7O3. The van der Waals surface area contributed by atoms with Crippen LogP contribution in [0.15, 0.2) is 46.3 Å². The number of rotatable bonds is 4. The van der Waals surface area contributed by atoms with Gasteiger partial charge in [0.2, 0.25) is 0 Å². The minimum absolute atomic E-state index is 0.0700. The van der Waals surface area contributed by atoms with Crippen molar-refractivity contribution in [3.8, 4) is 28.6 Å². The molecule has 182 valence electrons. The van der Waals surface area contributed by atoms with Crippen LogP contribution in [0.3, 0.4) is 0 Å². The number of fused-ring (bicyclic) bond motifs is 3. The van der Waals surface area contributed by atoms with E-state index in [2.05, 4.69) is 28.1 Å². The molecule has 2 unspecified atom stereocenters. The summed E-state index contributed by atoms with van der Waals surface area (Å²) in [6, 6.07) is 5.89. The number of nitriles is 1. The highest BCUT2D eigenvalue weighted by Gasteiger charge is 2.29. The number of furan rings is 1. The van der Waals surface area contributed by atoms with Gasteiger partial charge in [-0.1, -0.05) is 6.92 Å². The van der Waals surface area contributed by atoms with Gasteiger partial charge in [-0.3, -0.25) is 9.25 Å². The second-order valence-corrected chi connectivity index (χ2v) is 9.31. The number of ether oxygens (including phenoxy) is 1. The number of benzene rings is 1. The molecule has 4 aromatic heterocycles. The van der Waals surface area contributed by atoms with Crippen LogP contribution in [0, 0.1) is 11.3 Å². The molecule has 0 amide bonds. The summed E-state index contributed by atoms with van der Waals surface area (Å²) in [6.07, 6.45) is 9.39. The first-order chi connectivity index (χ1) is 17.5. The van der Waals surface area contributed by atoms with Gasteiger partial charge < -0.3 is 13.7 Å². The summed E-state index contributed by atoms with van der Waals surface area (Å²) in [5.74, 6) is 0. The summed E-state index contributed by atoms with van der Waals surface area (Å²) in [5, 5.41) is 15.0. The first-order valence-corrected chi connectivity index (χ1v) is 12.0. The Morgan fingerprint density at radius 3 is 2.75 bits per heavy atom. The van der Waals surface area contributed by atoms with Crippen molar-refractivity contribution in [1.82, 2.24) is 28.9 Å². The van der Waals surface area contributed by atoms with Crippen molar-refractivity contribution in [2.75, 3.05) is 6.61 Å². The number of imidazole rings is 1. The fourth-order valence-electron chi connectivity index (χ4n) is 5.13. The van der Waals surface area contributed by atoms with Crippen molar-refractivity contribution >= 4 is 22.1 Å². The lowest BCUT2D eigenvalue weighted by molar-refractivity contribution is -0.00709. The third-order valence-electron chi connectivity index (χ3n) is 6.89. The van der Waals surface area contributed by atoms with Gasteiger partial charge in [0.25, 0.3) is 0 Å². The van der Waals surface area contributed by atoms with E-state index in [0.717, 1.165) is 17.7 Å². The molecule has 36 heavy (non-hydrogen) atoms. The molecular weight excluding hydrogens is 458 g/mol. The Morgan fingerprint density at radius 2 is 2.06 bits per heavy atom. The molecule has 0 saturated carbocycles. The van der Waals surface area contributed by atoms with Gasteiger partial charge in [0, 0.05) is 55.7 Å². The Morgan fingerprint density at radius 1 is 1.19 bits per heavy atom. The van der Waals surface area contributed by atoms with E-state index in [1.165, 1.54) is 0 Å². The average molecular weight is 484 g/mol. The first-order valence-electron chi connectivity index (χ1n) is 12.0. The van der Waals surface area contributed by atoms with Crippen molar-refractivity contribution in [2.45, 2.75) is 38.3 Å². The van der Waals surface area contributed by atoms with Gasteiger partial charge in [0.1, 0.15) is 17.3 Å². The molecule has 10 heteroatoms. The highest BCUT2D eigenvalue weighted by atomic mass is 16.5. The zero-order valence-corrected chi connectivity index (χ0v) is 20.3. The molecule has 1 aromatic carbocycles. The van der Waals surface area contributed by atoms with Crippen LogP contribution in [0.4, 0.5) is 0 Å². The zero-order valence-electron chi connectivity index (χ0n) is 20.3. The molecule has 10 nitrogen and oxygen atoms in total. The molecule has 5 heterocycles. The largest absolute Gasteiger partial charge is 0.451 e. The third-order valence-corrected chi connectivity index (χ3v) is 6.89.